The highest BCUT2D eigenvalue weighted by atomic mass is 16.6. The molecule has 0 unspecified atom stereocenters. The molecular formula is C21H19BN2O3. The van der Waals surface area contributed by atoms with E-state index in [9.17, 15) is 9.59 Å². The van der Waals surface area contributed by atoms with Gasteiger partial charge in [-0.1, -0.05) is 47.9 Å². The first-order valence-corrected chi connectivity index (χ1v) is 9.01. The van der Waals surface area contributed by atoms with Crippen molar-refractivity contribution in [1.82, 2.24) is 9.88 Å². The van der Waals surface area contributed by atoms with Gasteiger partial charge in [-0.15, -0.1) is 0 Å². The zero-order valence-corrected chi connectivity index (χ0v) is 14.9. The van der Waals surface area contributed by atoms with Gasteiger partial charge in [0.1, 0.15) is 14.5 Å². The number of Topliss-reactive ketones (excluding diaryl/α,β-unsaturated/α-hetero) is 1. The van der Waals surface area contributed by atoms with Crippen molar-refractivity contribution in [2.75, 3.05) is 6.54 Å². The summed E-state index contributed by atoms with van der Waals surface area (Å²) in [6.07, 6.45) is 2.66. The summed E-state index contributed by atoms with van der Waals surface area (Å²) in [5.41, 5.74) is 2.93. The molecule has 5 nitrogen and oxygen atoms in total. The number of ketones is 1. The second-order valence-corrected chi connectivity index (χ2v) is 6.76. The maximum absolute atomic E-state index is 13.1. The molecule has 0 aliphatic carbocycles. The summed E-state index contributed by atoms with van der Waals surface area (Å²) in [5, 5.41) is 0.782. The SMILES string of the molecule is [B]c1ccc2[nH]cc(C(=O)[C@@H]3CCCN3C(=O)OCc3ccccc3)c2c1. The minimum Gasteiger partial charge on any atom is -0.445 e. The van der Waals surface area contributed by atoms with Gasteiger partial charge in [-0.2, -0.15) is 0 Å². The number of benzene rings is 2. The van der Waals surface area contributed by atoms with Crippen LogP contribution in [0.4, 0.5) is 4.79 Å². The predicted molar refractivity (Wildman–Crippen MR) is 104 cm³/mol. The number of hydrogen-bond donors (Lipinski definition) is 1. The Morgan fingerprint density at radius 2 is 2.00 bits per heavy atom. The van der Waals surface area contributed by atoms with E-state index < -0.39 is 12.1 Å². The van der Waals surface area contributed by atoms with Crippen LogP contribution < -0.4 is 5.46 Å². The molecule has 1 aromatic heterocycles. The van der Waals surface area contributed by atoms with Crippen LogP contribution in [0.25, 0.3) is 10.9 Å². The molecule has 27 heavy (non-hydrogen) atoms. The number of rotatable bonds is 4. The third kappa shape index (κ3) is 3.47. The molecule has 0 saturated carbocycles. The first-order chi connectivity index (χ1) is 13.1. The van der Waals surface area contributed by atoms with Gasteiger partial charge in [0.2, 0.25) is 0 Å². The Morgan fingerprint density at radius 3 is 2.81 bits per heavy atom. The van der Waals surface area contributed by atoms with Gasteiger partial charge in [-0.25, -0.2) is 4.79 Å². The van der Waals surface area contributed by atoms with Crippen LogP contribution in [0, 0.1) is 0 Å². The number of aromatic nitrogens is 1. The number of carbonyl (C=O) groups excluding carboxylic acids is 2. The number of ether oxygens (including phenoxy) is 1. The molecular weight excluding hydrogens is 339 g/mol. The van der Waals surface area contributed by atoms with E-state index in [2.05, 4.69) is 4.98 Å². The molecule has 4 rings (SSSR count). The van der Waals surface area contributed by atoms with Crippen molar-refractivity contribution in [2.45, 2.75) is 25.5 Å². The van der Waals surface area contributed by atoms with E-state index in [1.807, 2.05) is 36.4 Å². The lowest BCUT2D eigenvalue weighted by Gasteiger charge is -2.23. The lowest BCUT2D eigenvalue weighted by atomic mass is 9.93. The Hall–Kier alpha value is -3.02. The van der Waals surface area contributed by atoms with Crippen molar-refractivity contribution in [3.8, 4) is 0 Å². The lowest BCUT2D eigenvalue weighted by molar-refractivity contribution is 0.0739. The number of carbonyl (C=O) groups is 2. The summed E-state index contributed by atoms with van der Waals surface area (Å²) in [6, 6.07) is 14.4. The largest absolute Gasteiger partial charge is 0.445 e. The summed E-state index contributed by atoms with van der Waals surface area (Å²) in [5.74, 6) is -0.0824. The second-order valence-electron chi connectivity index (χ2n) is 6.76. The molecule has 6 heteroatoms. The lowest BCUT2D eigenvalue weighted by Crippen LogP contribution is -2.40. The van der Waals surface area contributed by atoms with Crippen LogP contribution in [0.1, 0.15) is 28.8 Å². The maximum atomic E-state index is 13.1. The van der Waals surface area contributed by atoms with E-state index in [0.717, 1.165) is 22.9 Å². The Kier molecular flexibility index (Phi) is 4.71. The van der Waals surface area contributed by atoms with Crippen LogP contribution in [0.5, 0.6) is 0 Å². The molecule has 2 radical (unpaired) electrons. The average Bonchev–Trinajstić information content (AvgIpc) is 3.33. The molecule has 2 heterocycles. The number of fused-ring (bicyclic) bond motifs is 1. The molecule has 1 fully saturated rings. The van der Waals surface area contributed by atoms with E-state index in [4.69, 9.17) is 12.6 Å². The highest BCUT2D eigenvalue weighted by Crippen LogP contribution is 2.26. The van der Waals surface area contributed by atoms with Crippen LogP contribution in [-0.2, 0) is 11.3 Å². The number of nitrogens with zero attached hydrogens (tertiary/aromatic N) is 1. The zero-order chi connectivity index (χ0) is 18.8. The zero-order valence-electron chi connectivity index (χ0n) is 14.9. The fourth-order valence-corrected chi connectivity index (χ4v) is 3.58. The molecule has 1 aliphatic rings. The molecule has 1 atom stereocenters. The van der Waals surface area contributed by atoms with Gasteiger partial charge in [0.25, 0.3) is 0 Å². The number of aromatic amines is 1. The summed E-state index contributed by atoms with van der Waals surface area (Å²) < 4.78 is 5.42. The number of amides is 1. The first kappa shape index (κ1) is 17.4. The molecule has 0 bridgehead atoms. The Balaban J connectivity index is 1.51. The van der Waals surface area contributed by atoms with Crippen molar-refractivity contribution in [2.24, 2.45) is 0 Å². The quantitative estimate of drug-likeness (QED) is 0.576. The van der Waals surface area contributed by atoms with E-state index >= 15 is 0 Å². The molecule has 3 aromatic rings. The average molecular weight is 358 g/mol. The number of H-pyrrole nitrogens is 1. The van der Waals surface area contributed by atoms with E-state index in [1.54, 1.807) is 18.3 Å². The highest BCUT2D eigenvalue weighted by molar-refractivity contribution is 6.33. The standard InChI is InChI=1S/C21H19BN2O3/c22-15-8-9-18-16(11-15)17(12-23-18)20(25)19-7-4-10-24(19)21(26)27-13-14-5-2-1-3-6-14/h1-3,5-6,8-9,11-12,19,23H,4,7,10,13H2/t19-/m0/s1. The molecule has 1 amide bonds. The number of likely N-dealkylation sites (tertiary alicyclic amines) is 1. The third-order valence-corrected chi connectivity index (χ3v) is 4.97. The van der Waals surface area contributed by atoms with Crippen LogP contribution in [-0.4, -0.2) is 42.2 Å². The molecule has 1 N–H and O–H groups in total. The molecule has 2 aromatic carbocycles. The molecule has 1 aliphatic heterocycles. The monoisotopic (exact) mass is 358 g/mol. The van der Waals surface area contributed by atoms with E-state index in [0.29, 0.717) is 24.0 Å². The Labute approximate surface area is 158 Å². The summed E-state index contributed by atoms with van der Waals surface area (Å²) in [4.78, 5) is 30.3. The van der Waals surface area contributed by atoms with Crippen LogP contribution in [0.15, 0.2) is 54.7 Å². The van der Waals surface area contributed by atoms with Crippen LogP contribution >= 0.6 is 0 Å². The van der Waals surface area contributed by atoms with Crippen molar-refractivity contribution >= 4 is 36.1 Å². The highest BCUT2D eigenvalue weighted by Gasteiger charge is 2.36. The second kappa shape index (κ2) is 7.31. The minimum atomic E-state index is -0.506. The predicted octanol–water partition coefficient (Wildman–Crippen LogP) is 2.95. The van der Waals surface area contributed by atoms with Gasteiger partial charge in [-0.05, 0) is 24.5 Å². The fraction of sp³-hybridized carbons (Fsp3) is 0.238. The number of hydrogen-bond acceptors (Lipinski definition) is 3. The summed E-state index contributed by atoms with van der Waals surface area (Å²) in [7, 11) is 5.87. The topological polar surface area (TPSA) is 62.4 Å². The summed E-state index contributed by atoms with van der Waals surface area (Å²) >= 11 is 0. The van der Waals surface area contributed by atoms with E-state index in [1.165, 1.54) is 4.90 Å². The van der Waals surface area contributed by atoms with Crippen molar-refractivity contribution in [3.63, 3.8) is 0 Å². The number of nitrogens with one attached hydrogen (secondary N) is 1. The Bertz CT molecular complexity index is 984. The van der Waals surface area contributed by atoms with Crippen molar-refractivity contribution in [3.05, 3.63) is 65.9 Å². The van der Waals surface area contributed by atoms with Crippen molar-refractivity contribution in [1.29, 1.82) is 0 Å². The third-order valence-electron chi connectivity index (χ3n) is 4.97. The van der Waals surface area contributed by atoms with Gasteiger partial charge in [-0.3, -0.25) is 9.69 Å². The minimum absolute atomic E-state index is 0.0824. The van der Waals surface area contributed by atoms with Gasteiger partial charge < -0.3 is 9.72 Å². The summed E-state index contributed by atoms with van der Waals surface area (Å²) in [6.45, 7) is 0.717. The van der Waals surface area contributed by atoms with Crippen LogP contribution in [0.2, 0.25) is 0 Å². The van der Waals surface area contributed by atoms with Crippen molar-refractivity contribution < 1.29 is 14.3 Å². The van der Waals surface area contributed by atoms with Gasteiger partial charge >= 0.3 is 6.09 Å². The Morgan fingerprint density at radius 1 is 1.19 bits per heavy atom. The van der Waals surface area contributed by atoms with Gasteiger partial charge in [0.15, 0.2) is 5.78 Å². The van der Waals surface area contributed by atoms with Gasteiger partial charge in [0, 0.05) is 29.2 Å². The fourth-order valence-electron chi connectivity index (χ4n) is 3.58. The first-order valence-electron chi connectivity index (χ1n) is 9.01. The van der Waals surface area contributed by atoms with Gasteiger partial charge in [0.05, 0.1) is 6.04 Å². The smallest absolute Gasteiger partial charge is 0.410 e. The molecule has 134 valence electrons. The molecule has 0 spiro atoms. The molecule has 1 saturated heterocycles. The normalized spacial score (nSPS) is 16.6. The van der Waals surface area contributed by atoms with Crippen LogP contribution in [0.3, 0.4) is 0 Å². The maximum Gasteiger partial charge on any atom is 0.410 e. The van der Waals surface area contributed by atoms with E-state index in [-0.39, 0.29) is 12.4 Å².